The van der Waals surface area contributed by atoms with Crippen molar-refractivity contribution in [2.45, 2.75) is 19.5 Å². The van der Waals surface area contributed by atoms with Crippen LogP contribution < -0.4 is 5.73 Å². The van der Waals surface area contributed by atoms with Crippen LogP contribution in [0.5, 0.6) is 0 Å². The van der Waals surface area contributed by atoms with E-state index < -0.39 is 0 Å². The zero-order valence-electron chi connectivity index (χ0n) is 10.00. The van der Waals surface area contributed by atoms with E-state index >= 15 is 0 Å². The van der Waals surface area contributed by atoms with Gasteiger partial charge < -0.3 is 15.0 Å². The molecule has 0 spiro atoms. The Bertz CT molecular complexity index is 559. The summed E-state index contributed by atoms with van der Waals surface area (Å²) >= 11 is 1.71. The summed E-state index contributed by atoms with van der Waals surface area (Å²) in [5.41, 5.74) is 7.03. The average Bonchev–Trinajstić information content (AvgIpc) is 3.02. The molecule has 3 rings (SSSR count). The summed E-state index contributed by atoms with van der Waals surface area (Å²) in [6, 6.07) is 5.96. The number of aryl methyl sites for hydroxylation is 1. The summed E-state index contributed by atoms with van der Waals surface area (Å²) in [5.74, 6) is 1.30. The summed E-state index contributed by atoms with van der Waals surface area (Å²) in [7, 11) is 0. The predicted octanol–water partition coefficient (Wildman–Crippen LogP) is 2.94. The molecule has 1 unspecified atom stereocenters. The van der Waals surface area contributed by atoms with Gasteiger partial charge >= 0.3 is 0 Å². The first-order valence-corrected chi connectivity index (χ1v) is 6.60. The van der Waals surface area contributed by atoms with Crippen LogP contribution in [0, 0.1) is 6.92 Å². The van der Waals surface area contributed by atoms with Gasteiger partial charge in [-0.25, -0.2) is 0 Å². The van der Waals surface area contributed by atoms with Crippen LogP contribution >= 0.6 is 11.3 Å². The average molecular weight is 262 g/mol. The number of nitrogens with two attached hydrogens (primary N) is 1. The fraction of sp³-hybridized carbons (Fsp3) is 0.231. The summed E-state index contributed by atoms with van der Waals surface area (Å²) in [5, 5.41) is 3.92. The summed E-state index contributed by atoms with van der Waals surface area (Å²) in [4.78, 5) is 6.80. The second-order valence-corrected chi connectivity index (χ2v) is 5.18. The molecule has 3 heterocycles. The maximum absolute atomic E-state index is 5.77. The van der Waals surface area contributed by atoms with Gasteiger partial charge in [-0.15, -0.1) is 16.4 Å². The number of hydrogen-bond acceptors (Lipinski definition) is 5. The Hall–Kier alpha value is -1.72. The Balaban J connectivity index is 1.84. The van der Waals surface area contributed by atoms with E-state index in [9.17, 15) is 0 Å². The Morgan fingerprint density at radius 2 is 2.33 bits per heavy atom. The molecular weight excluding hydrogens is 248 g/mol. The van der Waals surface area contributed by atoms with Gasteiger partial charge in [-0.2, -0.15) is 0 Å². The molecule has 18 heavy (non-hydrogen) atoms. The second-order valence-electron chi connectivity index (χ2n) is 4.23. The molecule has 1 atom stereocenters. The summed E-state index contributed by atoms with van der Waals surface area (Å²) in [6.45, 7) is 2.67. The highest BCUT2D eigenvalue weighted by Gasteiger charge is 2.29. The minimum Gasteiger partial charge on any atom is -0.468 e. The van der Waals surface area contributed by atoms with Gasteiger partial charge in [-0.3, -0.25) is 0 Å². The monoisotopic (exact) mass is 262 g/mol. The lowest BCUT2D eigenvalue weighted by Gasteiger charge is -2.21. The van der Waals surface area contributed by atoms with Crippen LogP contribution in [0.3, 0.4) is 0 Å². The van der Waals surface area contributed by atoms with Gasteiger partial charge in [0.1, 0.15) is 11.8 Å². The number of hydroxylamine groups is 2. The normalized spacial score (nSPS) is 19.8. The Kier molecular flexibility index (Phi) is 2.85. The third-order valence-corrected chi connectivity index (χ3v) is 4.01. The smallest absolute Gasteiger partial charge is 0.207 e. The standard InChI is InChI=1S/C13H14N2O2S/c1-9-4-6-18-13(9)11-7-12(14)17-15(11)8-10-3-2-5-16-10/h2-7,11H,8,14H2,1H3. The molecule has 1 aliphatic rings. The van der Waals surface area contributed by atoms with Crippen LogP contribution in [0.2, 0.25) is 0 Å². The first kappa shape index (κ1) is 11.4. The van der Waals surface area contributed by atoms with Crippen molar-refractivity contribution in [2.24, 2.45) is 5.73 Å². The van der Waals surface area contributed by atoms with E-state index in [4.69, 9.17) is 15.0 Å². The molecule has 2 aromatic heterocycles. The van der Waals surface area contributed by atoms with Gasteiger partial charge in [0.15, 0.2) is 0 Å². The van der Waals surface area contributed by atoms with Crippen molar-refractivity contribution >= 4 is 11.3 Å². The number of furan rings is 1. The van der Waals surface area contributed by atoms with E-state index in [-0.39, 0.29) is 6.04 Å². The molecule has 0 amide bonds. The van der Waals surface area contributed by atoms with Gasteiger partial charge in [-0.1, -0.05) is 0 Å². The number of nitrogens with zero attached hydrogens (tertiary/aromatic N) is 1. The van der Waals surface area contributed by atoms with Crippen LogP contribution in [0.4, 0.5) is 0 Å². The maximum Gasteiger partial charge on any atom is 0.207 e. The van der Waals surface area contributed by atoms with Gasteiger partial charge in [0.05, 0.1) is 12.8 Å². The Morgan fingerprint density at radius 1 is 1.44 bits per heavy atom. The third kappa shape index (κ3) is 2.02. The van der Waals surface area contributed by atoms with Crippen molar-refractivity contribution in [3.63, 3.8) is 0 Å². The first-order valence-electron chi connectivity index (χ1n) is 5.72. The van der Waals surface area contributed by atoms with Crippen LogP contribution in [0.15, 0.2) is 46.2 Å². The Labute approximate surface area is 109 Å². The van der Waals surface area contributed by atoms with E-state index in [0.717, 1.165) is 5.76 Å². The first-order chi connectivity index (χ1) is 8.74. The quantitative estimate of drug-likeness (QED) is 0.924. The molecule has 0 aliphatic carbocycles. The summed E-state index contributed by atoms with van der Waals surface area (Å²) in [6.07, 6.45) is 3.59. The lowest BCUT2D eigenvalue weighted by molar-refractivity contribution is -0.130. The summed E-state index contributed by atoms with van der Waals surface area (Å²) < 4.78 is 5.34. The van der Waals surface area contributed by atoms with Crippen LogP contribution in [-0.4, -0.2) is 5.06 Å². The van der Waals surface area contributed by atoms with Gasteiger partial charge in [-0.05, 0) is 36.1 Å². The number of thiophene rings is 1. The Morgan fingerprint density at radius 3 is 3.00 bits per heavy atom. The highest BCUT2D eigenvalue weighted by molar-refractivity contribution is 7.10. The molecule has 4 nitrogen and oxygen atoms in total. The molecule has 0 bridgehead atoms. The fourth-order valence-corrected chi connectivity index (χ4v) is 3.04. The topological polar surface area (TPSA) is 51.6 Å². The van der Waals surface area contributed by atoms with Gasteiger partial charge in [0.25, 0.3) is 0 Å². The maximum atomic E-state index is 5.77. The fourth-order valence-electron chi connectivity index (χ4n) is 2.04. The molecule has 2 N–H and O–H groups in total. The third-order valence-electron chi connectivity index (χ3n) is 2.92. The van der Waals surface area contributed by atoms with E-state index in [1.54, 1.807) is 17.6 Å². The molecule has 0 saturated carbocycles. The molecule has 1 aliphatic heterocycles. The van der Waals surface area contributed by atoms with Crippen molar-refractivity contribution < 1.29 is 9.25 Å². The minimum atomic E-state index is 0.0649. The minimum absolute atomic E-state index is 0.0649. The zero-order chi connectivity index (χ0) is 12.5. The lowest BCUT2D eigenvalue weighted by atomic mass is 10.1. The zero-order valence-corrected chi connectivity index (χ0v) is 10.8. The molecule has 94 valence electrons. The largest absolute Gasteiger partial charge is 0.468 e. The van der Waals surface area contributed by atoms with Gasteiger partial charge in [0, 0.05) is 11.0 Å². The van der Waals surface area contributed by atoms with Crippen LogP contribution in [0.1, 0.15) is 22.2 Å². The second kappa shape index (κ2) is 4.51. The lowest BCUT2D eigenvalue weighted by Crippen LogP contribution is -2.22. The van der Waals surface area contributed by atoms with Gasteiger partial charge in [0.2, 0.25) is 5.88 Å². The van der Waals surface area contributed by atoms with E-state index in [1.165, 1.54) is 10.4 Å². The highest BCUT2D eigenvalue weighted by atomic mass is 32.1. The SMILES string of the molecule is Cc1ccsc1C1C=C(N)ON1Cc1ccco1. The predicted molar refractivity (Wildman–Crippen MR) is 69.4 cm³/mol. The van der Waals surface area contributed by atoms with E-state index in [2.05, 4.69) is 18.4 Å². The molecular formula is C13H14N2O2S. The van der Waals surface area contributed by atoms with Crippen molar-refractivity contribution in [1.82, 2.24) is 5.06 Å². The highest BCUT2D eigenvalue weighted by Crippen LogP contribution is 2.35. The number of hydrogen-bond donors (Lipinski definition) is 1. The number of rotatable bonds is 3. The van der Waals surface area contributed by atoms with E-state index in [1.807, 2.05) is 23.3 Å². The van der Waals surface area contributed by atoms with Crippen molar-refractivity contribution in [2.75, 3.05) is 0 Å². The van der Waals surface area contributed by atoms with E-state index in [0.29, 0.717) is 12.4 Å². The molecule has 0 fully saturated rings. The molecule has 2 aromatic rings. The van der Waals surface area contributed by atoms with Crippen LogP contribution in [-0.2, 0) is 11.4 Å². The molecule has 0 saturated heterocycles. The molecule has 0 aromatic carbocycles. The van der Waals surface area contributed by atoms with Crippen LogP contribution in [0.25, 0.3) is 0 Å². The van der Waals surface area contributed by atoms with Crippen molar-refractivity contribution in [1.29, 1.82) is 0 Å². The van der Waals surface area contributed by atoms with Crippen molar-refractivity contribution in [3.05, 3.63) is 58.0 Å². The molecule has 5 heteroatoms. The molecule has 0 radical (unpaired) electrons. The van der Waals surface area contributed by atoms with Crippen molar-refractivity contribution in [3.8, 4) is 0 Å².